The zero-order valence-electron chi connectivity index (χ0n) is 15.1. The van der Waals surface area contributed by atoms with Crippen molar-refractivity contribution in [1.29, 1.82) is 0 Å². The van der Waals surface area contributed by atoms with Crippen LogP contribution in [0.3, 0.4) is 0 Å². The number of piperidine rings is 1. The molecule has 0 N–H and O–H groups in total. The second kappa shape index (κ2) is 7.87. The highest BCUT2D eigenvalue weighted by atomic mass is 16.5. The minimum Gasteiger partial charge on any atom is -0.497 e. The molecule has 1 atom stereocenters. The van der Waals surface area contributed by atoms with E-state index in [0.29, 0.717) is 25.4 Å². The second-order valence-corrected chi connectivity index (χ2v) is 7.08. The number of piperazine rings is 1. The molecule has 0 aliphatic carbocycles. The maximum absolute atomic E-state index is 12.5. The van der Waals surface area contributed by atoms with E-state index in [9.17, 15) is 9.59 Å². The van der Waals surface area contributed by atoms with Gasteiger partial charge in [-0.1, -0.05) is 12.1 Å². The van der Waals surface area contributed by atoms with E-state index in [1.54, 1.807) is 7.11 Å². The average molecular weight is 345 g/mol. The first kappa shape index (κ1) is 17.7. The van der Waals surface area contributed by atoms with Crippen LogP contribution in [-0.2, 0) is 16.1 Å². The molecule has 1 aromatic carbocycles. The SMILES string of the molecule is COc1ccc(CN2CCN(CC3CCC(=O)N(C)C3)CC2=O)cc1. The largest absolute Gasteiger partial charge is 0.497 e. The fourth-order valence-corrected chi connectivity index (χ4v) is 3.64. The molecule has 0 spiro atoms. The van der Waals surface area contributed by atoms with Gasteiger partial charge in [0.15, 0.2) is 0 Å². The molecule has 2 amide bonds. The van der Waals surface area contributed by atoms with Crippen molar-refractivity contribution in [2.45, 2.75) is 19.4 Å². The smallest absolute Gasteiger partial charge is 0.237 e. The van der Waals surface area contributed by atoms with Gasteiger partial charge < -0.3 is 14.5 Å². The molecule has 2 saturated heterocycles. The number of methoxy groups -OCH3 is 1. The van der Waals surface area contributed by atoms with Gasteiger partial charge in [-0.15, -0.1) is 0 Å². The minimum absolute atomic E-state index is 0.183. The van der Waals surface area contributed by atoms with E-state index in [4.69, 9.17) is 4.74 Å². The highest BCUT2D eigenvalue weighted by molar-refractivity contribution is 5.79. The molecular weight excluding hydrogens is 318 g/mol. The van der Waals surface area contributed by atoms with Crippen molar-refractivity contribution in [3.8, 4) is 5.75 Å². The zero-order valence-corrected chi connectivity index (χ0v) is 15.1. The third-order valence-electron chi connectivity index (χ3n) is 5.17. The Morgan fingerprint density at radius 2 is 1.88 bits per heavy atom. The van der Waals surface area contributed by atoms with Crippen LogP contribution in [0.15, 0.2) is 24.3 Å². The van der Waals surface area contributed by atoms with Crippen LogP contribution in [-0.4, -0.2) is 73.4 Å². The topological polar surface area (TPSA) is 53.1 Å². The summed E-state index contributed by atoms with van der Waals surface area (Å²) in [5.41, 5.74) is 1.12. The van der Waals surface area contributed by atoms with E-state index < -0.39 is 0 Å². The first-order valence-corrected chi connectivity index (χ1v) is 8.92. The van der Waals surface area contributed by atoms with Gasteiger partial charge in [0.1, 0.15) is 5.75 Å². The molecule has 2 aliphatic heterocycles. The minimum atomic E-state index is 0.183. The maximum atomic E-state index is 12.5. The van der Waals surface area contributed by atoms with Crippen molar-refractivity contribution >= 4 is 11.8 Å². The van der Waals surface area contributed by atoms with Crippen LogP contribution in [0.2, 0.25) is 0 Å². The highest BCUT2D eigenvalue weighted by Gasteiger charge is 2.28. The van der Waals surface area contributed by atoms with Gasteiger partial charge >= 0.3 is 0 Å². The number of carbonyl (C=O) groups excluding carboxylic acids is 2. The molecule has 0 saturated carbocycles. The van der Waals surface area contributed by atoms with E-state index in [2.05, 4.69) is 4.90 Å². The summed E-state index contributed by atoms with van der Waals surface area (Å²) >= 11 is 0. The normalized spacial score (nSPS) is 22.4. The van der Waals surface area contributed by atoms with Crippen molar-refractivity contribution in [3.05, 3.63) is 29.8 Å². The lowest BCUT2D eigenvalue weighted by Gasteiger charge is -2.38. The van der Waals surface area contributed by atoms with Crippen LogP contribution in [0.4, 0.5) is 0 Å². The molecule has 0 bridgehead atoms. The number of carbonyl (C=O) groups is 2. The predicted molar refractivity (Wildman–Crippen MR) is 95.2 cm³/mol. The molecular formula is C19H27N3O3. The maximum Gasteiger partial charge on any atom is 0.237 e. The molecule has 2 heterocycles. The van der Waals surface area contributed by atoms with Crippen LogP contribution < -0.4 is 4.74 Å². The summed E-state index contributed by atoms with van der Waals surface area (Å²) in [6.07, 6.45) is 1.57. The second-order valence-electron chi connectivity index (χ2n) is 7.08. The van der Waals surface area contributed by atoms with Crippen molar-refractivity contribution in [2.24, 2.45) is 5.92 Å². The molecule has 6 nitrogen and oxygen atoms in total. The molecule has 2 fully saturated rings. The van der Waals surface area contributed by atoms with Gasteiger partial charge in [0.25, 0.3) is 0 Å². The van der Waals surface area contributed by atoms with Crippen molar-refractivity contribution in [3.63, 3.8) is 0 Å². The van der Waals surface area contributed by atoms with Crippen molar-refractivity contribution in [1.82, 2.24) is 14.7 Å². The Morgan fingerprint density at radius 3 is 2.52 bits per heavy atom. The van der Waals surface area contributed by atoms with Gasteiger partial charge in [-0.25, -0.2) is 0 Å². The summed E-state index contributed by atoms with van der Waals surface area (Å²) in [7, 11) is 3.52. The first-order valence-electron chi connectivity index (χ1n) is 8.92. The average Bonchev–Trinajstić information content (AvgIpc) is 2.61. The molecule has 6 heteroatoms. The van der Waals surface area contributed by atoms with Crippen LogP contribution in [0.1, 0.15) is 18.4 Å². The molecule has 1 unspecified atom stereocenters. The summed E-state index contributed by atoms with van der Waals surface area (Å²) in [6.45, 7) is 4.49. The zero-order chi connectivity index (χ0) is 17.8. The Kier molecular flexibility index (Phi) is 5.58. The van der Waals surface area contributed by atoms with Gasteiger partial charge in [0.05, 0.1) is 13.7 Å². The Balaban J connectivity index is 1.48. The van der Waals surface area contributed by atoms with Crippen LogP contribution >= 0.6 is 0 Å². The standard InChI is InChI=1S/C19H27N3O3/c1-20-11-16(5-8-18(20)23)12-21-9-10-22(19(24)14-21)13-15-3-6-17(25-2)7-4-15/h3-4,6-7,16H,5,8-14H2,1-2H3. The third kappa shape index (κ3) is 4.51. The summed E-state index contributed by atoms with van der Waals surface area (Å²) in [5.74, 6) is 1.72. The van der Waals surface area contributed by atoms with Crippen LogP contribution in [0.25, 0.3) is 0 Å². The van der Waals surface area contributed by atoms with Crippen molar-refractivity contribution in [2.75, 3.05) is 46.9 Å². The Morgan fingerprint density at radius 1 is 1.12 bits per heavy atom. The lowest BCUT2D eigenvalue weighted by molar-refractivity contribution is -0.138. The van der Waals surface area contributed by atoms with E-state index >= 15 is 0 Å². The molecule has 2 aliphatic rings. The number of rotatable bonds is 5. The van der Waals surface area contributed by atoms with E-state index in [1.165, 1.54) is 0 Å². The Bertz CT molecular complexity index is 617. The fraction of sp³-hybridized carbons (Fsp3) is 0.579. The number of hydrogen-bond acceptors (Lipinski definition) is 4. The van der Waals surface area contributed by atoms with Gasteiger partial charge in [0.2, 0.25) is 11.8 Å². The number of likely N-dealkylation sites (tertiary alicyclic amines) is 1. The first-order chi connectivity index (χ1) is 12.0. The van der Waals surface area contributed by atoms with Gasteiger partial charge in [-0.05, 0) is 30.0 Å². The summed E-state index contributed by atoms with van der Waals surface area (Å²) in [4.78, 5) is 30.0. The van der Waals surface area contributed by atoms with Crippen LogP contribution in [0, 0.1) is 5.92 Å². The summed E-state index contributed by atoms with van der Waals surface area (Å²) in [5, 5.41) is 0. The number of hydrogen-bond donors (Lipinski definition) is 0. The molecule has 136 valence electrons. The molecule has 0 aromatic heterocycles. The Labute approximate surface area is 149 Å². The summed E-state index contributed by atoms with van der Waals surface area (Å²) < 4.78 is 5.17. The van der Waals surface area contributed by atoms with Crippen molar-refractivity contribution < 1.29 is 14.3 Å². The fourth-order valence-electron chi connectivity index (χ4n) is 3.64. The monoisotopic (exact) mass is 345 g/mol. The Hall–Kier alpha value is -2.08. The lowest BCUT2D eigenvalue weighted by atomic mass is 9.97. The number of ether oxygens (including phenoxy) is 1. The number of nitrogens with zero attached hydrogens (tertiary/aromatic N) is 3. The summed E-state index contributed by atoms with van der Waals surface area (Å²) in [6, 6.07) is 7.87. The molecule has 25 heavy (non-hydrogen) atoms. The van der Waals surface area contributed by atoms with E-state index in [1.807, 2.05) is 41.1 Å². The van der Waals surface area contributed by atoms with Gasteiger partial charge in [0, 0.05) is 46.2 Å². The third-order valence-corrected chi connectivity index (χ3v) is 5.17. The van der Waals surface area contributed by atoms with Gasteiger partial charge in [-0.3, -0.25) is 14.5 Å². The molecule has 0 radical (unpaired) electrons. The molecule has 1 aromatic rings. The lowest BCUT2D eigenvalue weighted by Crippen LogP contribution is -2.52. The quantitative estimate of drug-likeness (QED) is 0.805. The molecule has 3 rings (SSSR count). The predicted octanol–water partition coefficient (Wildman–Crippen LogP) is 1.21. The van der Waals surface area contributed by atoms with Gasteiger partial charge in [-0.2, -0.15) is 0 Å². The van der Waals surface area contributed by atoms with E-state index in [0.717, 1.165) is 43.9 Å². The highest BCUT2D eigenvalue weighted by Crippen LogP contribution is 2.19. The van der Waals surface area contributed by atoms with E-state index in [-0.39, 0.29) is 11.8 Å². The number of benzene rings is 1. The number of amides is 2. The van der Waals surface area contributed by atoms with Crippen LogP contribution in [0.5, 0.6) is 5.75 Å².